The van der Waals surface area contributed by atoms with Crippen LogP contribution in [0.4, 0.5) is 0 Å². The van der Waals surface area contributed by atoms with Crippen LogP contribution in [-0.4, -0.2) is 40.3 Å². The molecule has 2 rings (SSSR count). The SMILES string of the molecule is Cc1ccsc1OCC(O)CN1C(C)(C)CCCC1(C)C. The lowest BCUT2D eigenvalue weighted by Crippen LogP contribution is -2.60. The van der Waals surface area contributed by atoms with Gasteiger partial charge in [-0.25, -0.2) is 0 Å². The van der Waals surface area contributed by atoms with E-state index in [1.807, 2.05) is 18.4 Å². The number of aliphatic hydroxyl groups is 1. The third kappa shape index (κ3) is 3.99. The molecule has 0 radical (unpaired) electrons. The van der Waals surface area contributed by atoms with Crippen molar-refractivity contribution in [2.45, 2.75) is 71.1 Å². The van der Waals surface area contributed by atoms with E-state index in [1.165, 1.54) is 19.3 Å². The van der Waals surface area contributed by atoms with Crippen LogP contribution in [0.2, 0.25) is 0 Å². The number of ether oxygens (including phenoxy) is 1. The number of rotatable bonds is 5. The minimum atomic E-state index is -0.455. The first-order valence-corrected chi connectivity index (χ1v) is 8.73. The van der Waals surface area contributed by atoms with Crippen LogP contribution in [0.25, 0.3) is 0 Å². The van der Waals surface area contributed by atoms with Gasteiger partial charge in [0.15, 0.2) is 5.06 Å². The third-order valence-corrected chi connectivity index (χ3v) is 5.58. The molecule has 1 N–H and O–H groups in total. The summed E-state index contributed by atoms with van der Waals surface area (Å²) in [6, 6.07) is 2.04. The predicted octanol–water partition coefficient (Wildman–Crippen LogP) is 3.84. The second kappa shape index (κ2) is 6.27. The summed E-state index contributed by atoms with van der Waals surface area (Å²) in [5, 5.41) is 13.3. The normalized spacial score (nSPS) is 23.0. The van der Waals surface area contributed by atoms with Crippen molar-refractivity contribution in [3.05, 3.63) is 17.0 Å². The molecule has 0 spiro atoms. The van der Waals surface area contributed by atoms with E-state index in [9.17, 15) is 5.11 Å². The molecule has 21 heavy (non-hydrogen) atoms. The monoisotopic (exact) mass is 311 g/mol. The molecule has 2 heterocycles. The van der Waals surface area contributed by atoms with Gasteiger partial charge in [0.05, 0.1) is 0 Å². The maximum atomic E-state index is 10.4. The topological polar surface area (TPSA) is 32.7 Å². The molecule has 3 nitrogen and oxygen atoms in total. The van der Waals surface area contributed by atoms with Crippen molar-refractivity contribution >= 4 is 11.3 Å². The zero-order chi connectivity index (χ0) is 15.7. The molecule has 1 fully saturated rings. The van der Waals surface area contributed by atoms with Crippen LogP contribution in [0.3, 0.4) is 0 Å². The molecular formula is C17H29NO2S. The van der Waals surface area contributed by atoms with Gasteiger partial charge in [0.1, 0.15) is 12.7 Å². The standard InChI is InChI=1S/C17H29NO2S/c1-13-7-10-21-15(13)20-12-14(19)11-18-16(2,3)8-6-9-17(18,4)5/h7,10,14,19H,6,8-9,11-12H2,1-5H3. The van der Waals surface area contributed by atoms with Crippen molar-refractivity contribution < 1.29 is 9.84 Å². The fraction of sp³-hybridized carbons (Fsp3) is 0.765. The van der Waals surface area contributed by atoms with Gasteiger partial charge >= 0.3 is 0 Å². The second-order valence-electron chi connectivity index (χ2n) is 7.44. The largest absolute Gasteiger partial charge is 0.481 e. The summed E-state index contributed by atoms with van der Waals surface area (Å²) < 4.78 is 5.76. The van der Waals surface area contributed by atoms with Gasteiger partial charge in [0.25, 0.3) is 0 Å². The van der Waals surface area contributed by atoms with Crippen LogP contribution in [0.15, 0.2) is 11.4 Å². The number of aliphatic hydroxyl groups excluding tert-OH is 1. The van der Waals surface area contributed by atoms with Crippen LogP contribution < -0.4 is 4.74 Å². The molecule has 0 aromatic carbocycles. The molecule has 0 saturated carbocycles. The lowest BCUT2D eigenvalue weighted by Gasteiger charge is -2.53. The molecule has 4 heteroatoms. The van der Waals surface area contributed by atoms with Gasteiger partial charge in [0.2, 0.25) is 0 Å². The Labute approximate surface area is 132 Å². The molecule has 1 unspecified atom stereocenters. The van der Waals surface area contributed by atoms with E-state index < -0.39 is 6.10 Å². The van der Waals surface area contributed by atoms with Gasteiger partial charge in [-0.3, -0.25) is 4.90 Å². The predicted molar refractivity (Wildman–Crippen MR) is 89.3 cm³/mol. The van der Waals surface area contributed by atoms with Crippen molar-refractivity contribution in [1.29, 1.82) is 0 Å². The van der Waals surface area contributed by atoms with Crippen LogP contribution in [0, 0.1) is 6.92 Å². The van der Waals surface area contributed by atoms with Gasteiger partial charge in [-0.05, 0) is 65.3 Å². The number of hydrogen-bond donors (Lipinski definition) is 1. The average Bonchev–Trinajstić information content (AvgIpc) is 2.77. The van der Waals surface area contributed by atoms with E-state index in [4.69, 9.17) is 4.74 Å². The first-order chi connectivity index (χ1) is 9.72. The fourth-order valence-electron chi connectivity index (χ4n) is 3.48. The van der Waals surface area contributed by atoms with E-state index in [-0.39, 0.29) is 11.1 Å². The number of piperidine rings is 1. The molecule has 0 bridgehead atoms. The average molecular weight is 311 g/mol. The maximum absolute atomic E-state index is 10.4. The van der Waals surface area contributed by atoms with Crippen LogP contribution in [-0.2, 0) is 0 Å². The Balaban J connectivity index is 1.94. The van der Waals surface area contributed by atoms with Gasteiger partial charge in [0, 0.05) is 23.2 Å². The highest BCUT2D eigenvalue weighted by Gasteiger charge is 2.41. The molecule has 1 aliphatic heterocycles. The summed E-state index contributed by atoms with van der Waals surface area (Å²) in [7, 11) is 0. The highest BCUT2D eigenvalue weighted by molar-refractivity contribution is 7.12. The van der Waals surface area contributed by atoms with E-state index in [0.29, 0.717) is 13.2 Å². The fourth-order valence-corrected chi connectivity index (χ4v) is 4.26. The Hall–Kier alpha value is -0.580. The molecule has 1 aromatic rings. The van der Waals surface area contributed by atoms with Gasteiger partial charge in [-0.1, -0.05) is 0 Å². The van der Waals surface area contributed by atoms with E-state index in [2.05, 4.69) is 32.6 Å². The van der Waals surface area contributed by atoms with Gasteiger partial charge < -0.3 is 9.84 Å². The summed E-state index contributed by atoms with van der Waals surface area (Å²) >= 11 is 1.59. The third-order valence-electron chi connectivity index (χ3n) is 4.65. The van der Waals surface area contributed by atoms with E-state index >= 15 is 0 Å². The molecule has 120 valence electrons. The van der Waals surface area contributed by atoms with E-state index in [0.717, 1.165) is 10.6 Å². The lowest BCUT2D eigenvalue weighted by molar-refractivity contribution is -0.0605. The van der Waals surface area contributed by atoms with Crippen molar-refractivity contribution in [2.75, 3.05) is 13.2 Å². The van der Waals surface area contributed by atoms with Crippen LogP contribution >= 0.6 is 11.3 Å². The van der Waals surface area contributed by atoms with Crippen molar-refractivity contribution in [3.63, 3.8) is 0 Å². The number of likely N-dealkylation sites (tertiary alicyclic amines) is 1. The number of aryl methyl sites for hydroxylation is 1. The summed E-state index contributed by atoms with van der Waals surface area (Å²) in [5.41, 5.74) is 1.43. The highest BCUT2D eigenvalue weighted by Crippen LogP contribution is 2.38. The smallest absolute Gasteiger partial charge is 0.176 e. The van der Waals surface area contributed by atoms with Crippen molar-refractivity contribution in [1.82, 2.24) is 4.90 Å². The second-order valence-corrected chi connectivity index (χ2v) is 8.32. The van der Waals surface area contributed by atoms with Crippen LogP contribution in [0.5, 0.6) is 5.06 Å². The minimum absolute atomic E-state index is 0.140. The van der Waals surface area contributed by atoms with Crippen molar-refractivity contribution in [3.8, 4) is 5.06 Å². The Morgan fingerprint density at radius 1 is 1.29 bits per heavy atom. The van der Waals surface area contributed by atoms with E-state index in [1.54, 1.807) is 11.3 Å². The van der Waals surface area contributed by atoms with Crippen molar-refractivity contribution in [2.24, 2.45) is 0 Å². The molecule has 0 amide bonds. The van der Waals surface area contributed by atoms with Gasteiger partial charge in [-0.2, -0.15) is 0 Å². The summed E-state index contributed by atoms with van der Waals surface area (Å²) in [5.74, 6) is 0. The molecular weight excluding hydrogens is 282 g/mol. The quantitative estimate of drug-likeness (QED) is 0.897. The Morgan fingerprint density at radius 3 is 2.43 bits per heavy atom. The zero-order valence-corrected chi connectivity index (χ0v) is 14.8. The Morgan fingerprint density at radius 2 is 1.90 bits per heavy atom. The Kier molecular flexibility index (Phi) is 5.01. The summed E-state index contributed by atoms with van der Waals surface area (Å²) in [6.07, 6.45) is 3.18. The van der Waals surface area contributed by atoms with Crippen LogP contribution in [0.1, 0.15) is 52.5 Å². The lowest BCUT2D eigenvalue weighted by atomic mass is 9.79. The number of hydrogen-bond acceptors (Lipinski definition) is 4. The first kappa shape index (κ1) is 16.8. The molecule has 0 aliphatic carbocycles. The summed E-state index contributed by atoms with van der Waals surface area (Å²) in [4.78, 5) is 2.46. The highest BCUT2D eigenvalue weighted by atomic mass is 32.1. The number of thiophene rings is 1. The Bertz CT molecular complexity index is 451. The summed E-state index contributed by atoms with van der Waals surface area (Å²) in [6.45, 7) is 12.2. The zero-order valence-electron chi connectivity index (χ0n) is 14.0. The first-order valence-electron chi connectivity index (χ1n) is 7.85. The number of β-amino-alcohol motifs (C(OH)–C–C–N with tert-alkyl or cyclic N) is 1. The molecule has 1 aromatic heterocycles. The molecule has 1 aliphatic rings. The number of nitrogens with zero attached hydrogens (tertiary/aromatic N) is 1. The molecule has 1 saturated heterocycles. The van der Waals surface area contributed by atoms with Gasteiger partial charge in [-0.15, -0.1) is 11.3 Å². The maximum Gasteiger partial charge on any atom is 0.176 e. The molecule has 1 atom stereocenters. The minimum Gasteiger partial charge on any atom is -0.481 e.